The first-order chi connectivity index (χ1) is 14.6. The summed E-state index contributed by atoms with van der Waals surface area (Å²) in [6, 6.07) is 27.3. The van der Waals surface area contributed by atoms with Crippen molar-refractivity contribution in [2.24, 2.45) is 0 Å². The number of rotatable bonds is 6. The van der Waals surface area contributed by atoms with Crippen LogP contribution in [0.2, 0.25) is 0 Å². The molecule has 5 nitrogen and oxygen atoms in total. The Morgan fingerprint density at radius 2 is 1.42 bits per heavy atom. The van der Waals surface area contributed by atoms with E-state index in [1.807, 2.05) is 42.5 Å². The van der Waals surface area contributed by atoms with Gasteiger partial charge in [-0.1, -0.05) is 60.7 Å². The molecule has 0 aromatic heterocycles. The number of anilines is 1. The average molecular weight is 419 g/mol. The van der Waals surface area contributed by atoms with Crippen LogP contribution in [-0.2, 0) is 11.2 Å². The summed E-state index contributed by atoms with van der Waals surface area (Å²) in [5.41, 5.74) is 0.952. The van der Waals surface area contributed by atoms with Crippen molar-refractivity contribution in [3.8, 4) is 11.5 Å². The number of benzene rings is 4. The van der Waals surface area contributed by atoms with Crippen molar-refractivity contribution in [2.75, 3.05) is 5.32 Å². The first-order valence-electron chi connectivity index (χ1n) is 9.44. The zero-order chi connectivity index (χ0) is 20.9. The van der Waals surface area contributed by atoms with Gasteiger partial charge in [0.15, 0.2) is 0 Å². The second-order valence-corrected chi connectivity index (χ2v) is 6.81. The topological polar surface area (TPSA) is 78.5 Å². The van der Waals surface area contributed by atoms with E-state index in [-0.39, 0.29) is 53.1 Å². The molecule has 148 valence electrons. The molecule has 0 spiro atoms. The fourth-order valence-electron chi connectivity index (χ4n) is 3.19. The molecule has 1 N–H and O–H groups in total. The van der Waals surface area contributed by atoms with Crippen LogP contribution < -0.4 is 44.7 Å². The summed E-state index contributed by atoms with van der Waals surface area (Å²) in [6.07, 6.45) is 0.109. The molecule has 4 aromatic carbocycles. The molecule has 0 saturated heterocycles. The molecule has 0 fully saturated rings. The van der Waals surface area contributed by atoms with Crippen LogP contribution in [0, 0.1) is 0 Å². The minimum atomic E-state index is -1.33. The van der Waals surface area contributed by atoms with Crippen molar-refractivity contribution in [2.45, 2.75) is 6.42 Å². The van der Waals surface area contributed by atoms with Crippen molar-refractivity contribution in [1.29, 1.82) is 0 Å². The number of para-hydroxylation sites is 1. The number of ether oxygens (including phenoxy) is 1. The molecule has 31 heavy (non-hydrogen) atoms. The molecule has 0 aliphatic heterocycles. The number of amides is 1. The van der Waals surface area contributed by atoms with Gasteiger partial charge >= 0.3 is 29.6 Å². The number of carbonyl (C=O) groups is 2. The molecule has 1 amide bonds. The molecule has 0 radical (unpaired) electrons. The molecule has 0 unspecified atom stereocenters. The Bertz CT molecular complexity index is 1220. The molecule has 0 bridgehead atoms. The second kappa shape index (κ2) is 10.3. The quantitative estimate of drug-likeness (QED) is 0.476. The molecule has 0 heterocycles. The SMILES string of the molecule is O=C(Cc1ccc(Oc2ccc3ccccc3c2)cc1)Nc1ccccc1C(=O)[O-].[Na+]. The van der Waals surface area contributed by atoms with Crippen molar-refractivity contribution >= 4 is 28.3 Å². The van der Waals surface area contributed by atoms with Gasteiger partial charge in [0, 0.05) is 11.3 Å². The monoisotopic (exact) mass is 419 g/mol. The maximum absolute atomic E-state index is 12.3. The standard InChI is InChI=1S/C25H19NO4.Na/c27-24(26-23-8-4-3-7-22(23)25(28)29)15-17-9-12-20(13-10-17)30-21-14-11-18-5-1-2-6-19(18)16-21;/h1-14,16H,15H2,(H,26,27)(H,28,29);/q;+1/p-1. The van der Waals surface area contributed by atoms with Crippen LogP contribution in [0.15, 0.2) is 91.0 Å². The van der Waals surface area contributed by atoms with Crippen LogP contribution >= 0.6 is 0 Å². The third kappa shape index (κ3) is 5.73. The zero-order valence-electron chi connectivity index (χ0n) is 17.0. The number of carboxylic acids is 1. The minimum absolute atomic E-state index is 0. The molecular formula is C25H18NNaO4. The number of hydrogen-bond donors (Lipinski definition) is 1. The van der Waals surface area contributed by atoms with Crippen molar-refractivity contribution < 1.29 is 49.0 Å². The van der Waals surface area contributed by atoms with Gasteiger partial charge in [-0.2, -0.15) is 0 Å². The summed E-state index contributed by atoms with van der Waals surface area (Å²) in [5.74, 6) is -0.247. The summed E-state index contributed by atoms with van der Waals surface area (Å²) in [6.45, 7) is 0. The smallest absolute Gasteiger partial charge is 0.545 e. The number of aromatic carboxylic acids is 1. The number of fused-ring (bicyclic) bond motifs is 1. The van der Waals surface area contributed by atoms with Gasteiger partial charge in [-0.05, 0) is 46.7 Å². The molecular weight excluding hydrogens is 401 g/mol. The third-order valence-corrected chi connectivity index (χ3v) is 4.67. The van der Waals surface area contributed by atoms with E-state index in [1.165, 1.54) is 12.1 Å². The largest absolute Gasteiger partial charge is 1.00 e. The van der Waals surface area contributed by atoms with Crippen molar-refractivity contribution in [3.63, 3.8) is 0 Å². The van der Waals surface area contributed by atoms with Gasteiger partial charge in [0.2, 0.25) is 5.91 Å². The van der Waals surface area contributed by atoms with Gasteiger partial charge in [-0.15, -0.1) is 0 Å². The Labute approximate surface area is 202 Å². The molecule has 4 aromatic rings. The molecule has 0 aliphatic rings. The van der Waals surface area contributed by atoms with Crippen LogP contribution in [0.3, 0.4) is 0 Å². The van der Waals surface area contributed by atoms with Crippen LogP contribution in [0.25, 0.3) is 10.8 Å². The van der Waals surface area contributed by atoms with Crippen LogP contribution in [0.4, 0.5) is 5.69 Å². The van der Waals surface area contributed by atoms with E-state index < -0.39 is 5.97 Å². The Balaban J connectivity index is 0.00000272. The van der Waals surface area contributed by atoms with Gasteiger partial charge in [0.25, 0.3) is 0 Å². The predicted octanol–water partition coefficient (Wildman–Crippen LogP) is 1.18. The van der Waals surface area contributed by atoms with Gasteiger partial charge in [-0.25, -0.2) is 0 Å². The maximum Gasteiger partial charge on any atom is 1.00 e. The Morgan fingerprint density at radius 3 is 2.16 bits per heavy atom. The first kappa shape index (κ1) is 22.6. The van der Waals surface area contributed by atoms with E-state index in [9.17, 15) is 14.7 Å². The zero-order valence-corrected chi connectivity index (χ0v) is 19.0. The Kier molecular flexibility index (Phi) is 7.47. The van der Waals surface area contributed by atoms with E-state index in [0.29, 0.717) is 5.75 Å². The summed E-state index contributed by atoms with van der Waals surface area (Å²) in [5, 5.41) is 16.0. The first-order valence-corrected chi connectivity index (χ1v) is 9.44. The number of nitrogens with one attached hydrogen (secondary N) is 1. The second-order valence-electron chi connectivity index (χ2n) is 6.81. The molecule has 0 atom stereocenters. The average Bonchev–Trinajstić information content (AvgIpc) is 2.75. The number of carbonyl (C=O) groups excluding carboxylic acids is 2. The number of carboxylic acid groups (broad SMARTS) is 1. The van der Waals surface area contributed by atoms with Crippen molar-refractivity contribution in [3.05, 3.63) is 102 Å². The molecule has 0 saturated carbocycles. The molecule has 6 heteroatoms. The Hall–Kier alpha value is -3.12. The Morgan fingerprint density at radius 1 is 0.774 bits per heavy atom. The predicted molar refractivity (Wildman–Crippen MR) is 114 cm³/mol. The van der Waals surface area contributed by atoms with Crippen molar-refractivity contribution in [1.82, 2.24) is 0 Å². The van der Waals surface area contributed by atoms with E-state index in [2.05, 4.69) is 5.32 Å². The van der Waals surface area contributed by atoms with E-state index in [0.717, 1.165) is 22.1 Å². The molecule has 4 rings (SSSR count). The van der Waals surface area contributed by atoms with E-state index in [1.54, 1.807) is 36.4 Å². The molecule has 0 aliphatic carbocycles. The van der Waals surface area contributed by atoms with Crippen LogP contribution in [0.1, 0.15) is 15.9 Å². The third-order valence-electron chi connectivity index (χ3n) is 4.67. The van der Waals surface area contributed by atoms with Gasteiger partial charge < -0.3 is 20.0 Å². The van der Waals surface area contributed by atoms with Crippen LogP contribution in [-0.4, -0.2) is 11.9 Å². The summed E-state index contributed by atoms with van der Waals surface area (Å²) in [7, 11) is 0. The van der Waals surface area contributed by atoms with Gasteiger partial charge in [0.05, 0.1) is 12.4 Å². The van der Waals surface area contributed by atoms with E-state index >= 15 is 0 Å². The van der Waals surface area contributed by atoms with Crippen LogP contribution in [0.5, 0.6) is 11.5 Å². The summed E-state index contributed by atoms with van der Waals surface area (Å²) < 4.78 is 5.91. The van der Waals surface area contributed by atoms with Gasteiger partial charge in [0.1, 0.15) is 11.5 Å². The fraction of sp³-hybridized carbons (Fsp3) is 0.0400. The summed E-state index contributed by atoms with van der Waals surface area (Å²) in [4.78, 5) is 23.4. The fourth-order valence-corrected chi connectivity index (χ4v) is 3.19. The van der Waals surface area contributed by atoms with Gasteiger partial charge in [-0.3, -0.25) is 4.79 Å². The normalized spacial score (nSPS) is 10.2. The summed E-state index contributed by atoms with van der Waals surface area (Å²) >= 11 is 0. The van der Waals surface area contributed by atoms with E-state index in [4.69, 9.17) is 4.74 Å². The minimum Gasteiger partial charge on any atom is -0.545 e. The number of hydrogen-bond acceptors (Lipinski definition) is 4. The maximum atomic E-state index is 12.3.